The Balaban J connectivity index is 1.12. The van der Waals surface area contributed by atoms with Gasteiger partial charge in [-0.15, -0.1) is 0 Å². The van der Waals surface area contributed by atoms with Gasteiger partial charge in [0.1, 0.15) is 6.10 Å². The maximum absolute atomic E-state index is 12.8. The summed E-state index contributed by atoms with van der Waals surface area (Å²) in [5.74, 6) is 4.94. The lowest BCUT2D eigenvalue weighted by atomic mass is 9.47. The Bertz CT molecular complexity index is 976. The quantitative estimate of drug-likeness (QED) is 0.0702. The third kappa shape index (κ3) is 10.7. The van der Waals surface area contributed by atoms with Gasteiger partial charge in [-0.3, -0.25) is 4.79 Å². The molecule has 0 aromatic carbocycles. The normalized spacial score (nSPS) is 32.6. The van der Waals surface area contributed by atoms with Gasteiger partial charge < -0.3 is 4.74 Å². The molecule has 3 fully saturated rings. The highest BCUT2D eigenvalue weighted by Crippen LogP contribution is 2.67. The van der Waals surface area contributed by atoms with E-state index >= 15 is 0 Å². The summed E-state index contributed by atoms with van der Waals surface area (Å²) in [5, 5.41) is 0. The molecule has 0 aromatic heterocycles. The van der Waals surface area contributed by atoms with E-state index in [1.54, 1.807) is 0 Å². The maximum atomic E-state index is 12.8. The van der Waals surface area contributed by atoms with Crippen molar-refractivity contribution >= 4 is 5.97 Å². The molecule has 2 heteroatoms. The minimum atomic E-state index is 0.0659. The highest BCUT2D eigenvalue weighted by atomic mass is 16.5. The van der Waals surface area contributed by atoms with E-state index in [1.165, 1.54) is 128 Å². The Kier molecular flexibility index (Phi) is 16.0. The van der Waals surface area contributed by atoms with Gasteiger partial charge in [0, 0.05) is 6.42 Å². The standard InChI is InChI=1S/C45H78O2/c1-7-8-9-10-11-12-13-14-15-16-17-18-19-20-21-25-43(46)47-38-30-32-44(5)37(34-38)26-27-39-41-29-28-40(36(4)24-22-23-35(2)3)45(41,6)33-31-42(39)44/h14-15,27,35-38,40-42H,7-13,16-26,28-34H2,1-6H3/t36-,37?,38?,40-,41+,42+,44+,45-/m1/s1. The van der Waals surface area contributed by atoms with Crippen LogP contribution in [0.1, 0.15) is 202 Å². The van der Waals surface area contributed by atoms with Crippen molar-refractivity contribution in [3.63, 3.8) is 0 Å². The van der Waals surface area contributed by atoms with E-state index in [9.17, 15) is 4.79 Å². The third-order valence-electron chi connectivity index (χ3n) is 14.2. The van der Waals surface area contributed by atoms with Crippen molar-refractivity contribution in [3.8, 4) is 0 Å². The minimum absolute atomic E-state index is 0.0659. The summed E-state index contributed by atoms with van der Waals surface area (Å²) >= 11 is 0. The molecular formula is C45H78O2. The van der Waals surface area contributed by atoms with Crippen LogP contribution in [0, 0.1) is 46.3 Å². The molecule has 0 N–H and O–H groups in total. The average molecular weight is 651 g/mol. The van der Waals surface area contributed by atoms with Crippen LogP contribution in [0.3, 0.4) is 0 Å². The first kappa shape index (κ1) is 38.7. The van der Waals surface area contributed by atoms with Gasteiger partial charge in [-0.25, -0.2) is 0 Å². The van der Waals surface area contributed by atoms with Crippen LogP contribution in [0.5, 0.6) is 0 Å². The van der Waals surface area contributed by atoms with Crippen molar-refractivity contribution in [1.29, 1.82) is 0 Å². The number of unbranched alkanes of at least 4 members (excludes halogenated alkanes) is 11. The first-order chi connectivity index (χ1) is 22.7. The summed E-state index contributed by atoms with van der Waals surface area (Å²) < 4.78 is 6.14. The molecule has 2 nitrogen and oxygen atoms in total. The highest BCUT2D eigenvalue weighted by molar-refractivity contribution is 5.69. The molecule has 0 bridgehead atoms. The lowest BCUT2D eigenvalue weighted by molar-refractivity contribution is -0.155. The molecule has 0 aliphatic heterocycles. The number of carbonyl (C=O) groups excluding carboxylic acids is 1. The molecule has 4 aliphatic carbocycles. The van der Waals surface area contributed by atoms with Crippen molar-refractivity contribution in [1.82, 2.24) is 0 Å². The molecule has 4 rings (SSSR count). The summed E-state index contributed by atoms with van der Waals surface area (Å²) in [7, 11) is 0. The Labute approximate surface area is 293 Å². The van der Waals surface area contributed by atoms with Crippen molar-refractivity contribution in [2.45, 2.75) is 208 Å². The van der Waals surface area contributed by atoms with E-state index in [-0.39, 0.29) is 12.1 Å². The van der Waals surface area contributed by atoms with E-state index < -0.39 is 0 Å². The molecule has 0 aromatic rings. The van der Waals surface area contributed by atoms with Crippen molar-refractivity contribution < 1.29 is 9.53 Å². The van der Waals surface area contributed by atoms with Gasteiger partial charge in [0.25, 0.3) is 0 Å². The first-order valence-electron chi connectivity index (χ1n) is 21.2. The number of hydrogen-bond donors (Lipinski definition) is 0. The molecule has 0 spiro atoms. The molecule has 2 unspecified atom stereocenters. The molecule has 0 radical (unpaired) electrons. The molecule has 47 heavy (non-hydrogen) atoms. The zero-order chi connectivity index (χ0) is 33.7. The second kappa shape index (κ2) is 19.4. The molecular weight excluding hydrogens is 572 g/mol. The van der Waals surface area contributed by atoms with Crippen LogP contribution in [0.25, 0.3) is 0 Å². The Morgan fingerprint density at radius 1 is 0.787 bits per heavy atom. The van der Waals surface area contributed by atoms with Gasteiger partial charge in [0.2, 0.25) is 0 Å². The molecule has 0 heterocycles. The minimum Gasteiger partial charge on any atom is -0.462 e. The number of ether oxygens (including phenoxy) is 1. The van der Waals surface area contributed by atoms with Gasteiger partial charge in [-0.05, 0) is 130 Å². The topological polar surface area (TPSA) is 26.3 Å². The predicted octanol–water partition coefficient (Wildman–Crippen LogP) is 14.0. The number of fused-ring (bicyclic) bond motifs is 5. The smallest absolute Gasteiger partial charge is 0.306 e. The number of hydrogen-bond acceptors (Lipinski definition) is 2. The lowest BCUT2D eigenvalue weighted by Crippen LogP contribution is -2.50. The van der Waals surface area contributed by atoms with Gasteiger partial charge in [0.05, 0.1) is 0 Å². The van der Waals surface area contributed by atoms with Crippen LogP contribution >= 0.6 is 0 Å². The zero-order valence-corrected chi connectivity index (χ0v) is 32.3. The summed E-state index contributed by atoms with van der Waals surface area (Å²) in [6.07, 6.45) is 39.6. The number of carbonyl (C=O) groups is 1. The van der Waals surface area contributed by atoms with Gasteiger partial charge in [-0.1, -0.05) is 136 Å². The average Bonchev–Trinajstić information content (AvgIpc) is 3.40. The van der Waals surface area contributed by atoms with Gasteiger partial charge >= 0.3 is 5.97 Å². The second-order valence-electron chi connectivity index (χ2n) is 18.0. The van der Waals surface area contributed by atoms with Crippen LogP contribution in [-0.4, -0.2) is 12.1 Å². The number of esters is 1. The van der Waals surface area contributed by atoms with E-state index in [0.717, 1.165) is 55.3 Å². The van der Waals surface area contributed by atoms with Crippen molar-refractivity contribution in [3.05, 3.63) is 23.8 Å². The maximum Gasteiger partial charge on any atom is 0.306 e. The zero-order valence-electron chi connectivity index (χ0n) is 32.3. The molecule has 270 valence electrons. The van der Waals surface area contributed by atoms with Crippen LogP contribution < -0.4 is 0 Å². The van der Waals surface area contributed by atoms with E-state index in [2.05, 4.69) is 59.8 Å². The number of rotatable bonds is 21. The van der Waals surface area contributed by atoms with Gasteiger partial charge in [-0.2, -0.15) is 0 Å². The monoisotopic (exact) mass is 651 g/mol. The summed E-state index contributed by atoms with van der Waals surface area (Å²) in [6, 6.07) is 0. The highest BCUT2D eigenvalue weighted by Gasteiger charge is 2.58. The third-order valence-corrected chi connectivity index (χ3v) is 14.2. The molecule has 3 saturated carbocycles. The fourth-order valence-corrected chi connectivity index (χ4v) is 11.2. The fraction of sp³-hybridized carbons (Fsp3) is 0.889. The predicted molar refractivity (Wildman–Crippen MR) is 202 cm³/mol. The molecule has 0 saturated heterocycles. The van der Waals surface area contributed by atoms with E-state index in [4.69, 9.17) is 4.74 Å². The van der Waals surface area contributed by atoms with E-state index in [1.807, 2.05) is 5.57 Å². The van der Waals surface area contributed by atoms with E-state index in [0.29, 0.717) is 23.2 Å². The Morgan fingerprint density at radius 3 is 2.13 bits per heavy atom. The lowest BCUT2D eigenvalue weighted by Gasteiger charge is -2.58. The summed E-state index contributed by atoms with van der Waals surface area (Å²) in [6.45, 7) is 14.9. The largest absolute Gasteiger partial charge is 0.462 e. The summed E-state index contributed by atoms with van der Waals surface area (Å²) in [4.78, 5) is 12.8. The SMILES string of the molecule is CCCCCCCCC=CCCCCCCCC(=O)OC1CC[C@@]2(C)C(CC=C3[C@@H]4CC[C@H]([C@H](C)CCCC(C)C)[C@@]4(C)CC[C@@H]32)C1. The van der Waals surface area contributed by atoms with Crippen molar-refractivity contribution in [2.24, 2.45) is 46.3 Å². The molecule has 8 atom stereocenters. The van der Waals surface area contributed by atoms with Crippen LogP contribution in [0.4, 0.5) is 0 Å². The van der Waals surface area contributed by atoms with Crippen LogP contribution in [0.15, 0.2) is 23.8 Å². The Hall–Kier alpha value is -1.05. The Morgan fingerprint density at radius 2 is 1.43 bits per heavy atom. The van der Waals surface area contributed by atoms with Crippen LogP contribution in [0.2, 0.25) is 0 Å². The van der Waals surface area contributed by atoms with Gasteiger partial charge in [0.15, 0.2) is 0 Å². The summed E-state index contributed by atoms with van der Waals surface area (Å²) in [5.41, 5.74) is 2.78. The number of allylic oxidation sites excluding steroid dienone is 4. The van der Waals surface area contributed by atoms with Crippen molar-refractivity contribution in [2.75, 3.05) is 0 Å². The fourth-order valence-electron chi connectivity index (χ4n) is 11.2. The second-order valence-corrected chi connectivity index (χ2v) is 18.0. The first-order valence-corrected chi connectivity index (χ1v) is 21.2. The molecule has 4 aliphatic rings. The van der Waals surface area contributed by atoms with Crippen LogP contribution in [-0.2, 0) is 9.53 Å². The molecule has 0 amide bonds.